The number of amides is 1. The van der Waals surface area contributed by atoms with Gasteiger partial charge in [-0.05, 0) is 6.42 Å². The lowest BCUT2D eigenvalue weighted by Gasteiger charge is -2.04. The zero-order valence-corrected chi connectivity index (χ0v) is 20.9. The number of primary amides is 1. The molecule has 0 aliphatic rings. The van der Waals surface area contributed by atoms with Crippen LogP contribution in [0.15, 0.2) is 0 Å². The Labute approximate surface area is 190 Å². The fourth-order valence-electron chi connectivity index (χ4n) is 4.44. The van der Waals surface area contributed by atoms with E-state index in [0.29, 0.717) is 6.42 Å². The lowest BCUT2D eigenvalue weighted by atomic mass is 10.0. The van der Waals surface area contributed by atoms with Gasteiger partial charge in [0.05, 0.1) is 0 Å². The third kappa shape index (κ3) is 27.5. The van der Waals surface area contributed by atoms with Crippen molar-refractivity contribution in [1.82, 2.24) is 0 Å². The number of hydrogen-bond donors (Lipinski definition) is 1. The van der Waals surface area contributed by atoms with Crippen LogP contribution in [0.2, 0.25) is 0 Å². The maximum atomic E-state index is 10.7. The summed E-state index contributed by atoms with van der Waals surface area (Å²) < 4.78 is 0. The van der Waals surface area contributed by atoms with Crippen molar-refractivity contribution < 1.29 is 4.79 Å². The predicted molar refractivity (Wildman–Crippen MR) is 135 cm³/mol. The second kappa shape index (κ2) is 26.5. The number of rotatable bonds is 26. The molecule has 2 N–H and O–H groups in total. The van der Waals surface area contributed by atoms with Gasteiger partial charge in [0.2, 0.25) is 5.91 Å². The van der Waals surface area contributed by atoms with Gasteiger partial charge in [0.15, 0.2) is 0 Å². The molecule has 0 unspecified atom stereocenters. The van der Waals surface area contributed by atoms with Crippen LogP contribution < -0.4 is 5.73 Å². The van der Waals surface area contributed by atoms with E-state index in [-0.39, 0.29) is 5.91 Å². The predicted octanol–water partition coefficient (Wildman–Crippen LogP) is 9.63. The number of hydrogen-bond acceptors (Lipinski definition) is 1. The van der Waals surface area contributed by atoms with E-state index in [9.17, 15) is 4.79 Å². The quantitative estimate of drug-likeness (QED) is 0.138. The molecule has 0 fully saturated rings. The summed E-state index contributed by atoms with van der Waals surface area (Å²) in [5.74, 6) is -0.149. The molecular weight excluding hydrogens is 366 g/mol. The molecule has 30 heavy (non-hydrogen) atoms. The molecule has 0 atom stereocenters. The molecule has 0 rings (SSSR count). The molecule has 0 aromatic rings. The molecule has 0 heterocycles. The first-order chi connectivity index (χ1) is 14.8. The monoisotopic (exact) mass is 423 g/mol. The largest absolute Gasteiger partial charge is 0.370 e. The third-order valence-corrected chi connectivity index (χ3v) is 6.53. The van der Waals surface area contributed by atoms with E-state index in [2.05, 4.69) is 6.92 Å². The fraction of sp³-hybridized carbons (Fsp3) is 0.964. The van der Waals surface area contributed by atoms with E-state index in [0.717, 1.165) is 6.42 Å². The molecule has 1 amide bonds. The van der Waals surface area contributed by atoms with Crippen LogP contribution in [0.1, 0.15) is 174 Å². The molecule has 2 heteroatoms. The smallest absolute Gasteiger partial charge is 0.217 e. The standard InChI is InChI=1S/C28H57NO/c1-2-3-4-5-6-7-8-9-10-11-12-13-14-15-16-17-18-19-20-21-22-23-24-25-26-27-28(29)30/h2-27H2,1H3,(H2,29,30). The first kappa shape index (κ1) is 29.5. The van der Waals surface area contributed by atoms with Gasteiger partial charge in [-0.15, -0.1) is 0 Å². The van der Waals surface area contributed by atoms with Crippen LogP contribution in [0.3, 0.4) is 0 Å². The van der Waals surface area contributed by atoms with Crippen LogP contribution in [0.25, 0.3) is 0 Å². The van der Waals surface area contributed by atoms with E-state index in [1.165, 1.54) is 154 Å². The van der Waals surface area contributed by atoms with E-state index in [1.54, 1.807) is 0 Å². The molecule has 0 radical (unpaired) electrons. The maximum absolute atomic E-state index is 10.7. The lowest BCUT2D eigenvalue weighted by molar-refractivity contribution is -0.118. The highest BCUT2D eigenvalue weighted by Gasteiger charge is 1.97. The summed E-state index contributed by atoms with van der Waals surface area (Å²) in [6.07, 6.45) is 35.7. The lowest BCUT2D eigenvalue weighted by Crippen LogP contribution is -2.09. The van der Waals surface area contributed by atoms with Gasteiger partial charge < -0.3 is 5.73 Å². The van der Waals surface area contributed by atoms with Crippen LogP contribution in [-0.4, -0.2) is 5.91 Å². The minimum atomic E-state index is -0.149. The van der Waals surface area contributed by atoms with Gasteiger partial charge in [-0.1, -0.05) is 161 Å². The molecule has 0 aromatic carbocycles. The Bertz CT molecular complexity index is 329. The summed E-state index contributed by atoms with van der Waals surface area (Å²) in [6.45, 7) is 2.30. The maximum Gasteiger partial charge on any atom is 0.217 e. The first-order valence-corrected chi connectivity index (χ1v) is 14.1. The Morgan fingerprint density at radius 2 is 0.600 bits per heavy atom. The first-order valence-electron chi connectivity index (χ1n) is 14.1. The van der Waals surface area contributed by atoms with Crippen LogP contribution in [0, 0.1) is 0 Å². The average molecular weight is 424 g/mol. The number of carbonyl (C=O) groups is 1. The van der Waals surface area contributed by atoms with Crippen LogP contribution in [-0.2, 0) is 4.79 Å². The van der Waals surface area contributed by atoms with Gasteiger partial charge in [0.25, 0.3) is 0 Å². The topological polar surface area (TPSA) is 43.1 Å². The summed E-state index contributed by atoms with van der Waals surface area (Å²) >= 11 is 0. The Hall–Kier alpha value is -0.530. The highest BCUT2D eigenvalue weighted by molar-refractivity contribution is 5.73. The molecule has 0 aromatic heterocycles. The van der Waals surface area contributed by atoms with E-state index < -0.39 is 0 Å². The minimum Gasteiger partial charge on any atom is -0.370 e. The highest BCUT2D eigenvalue weighted by atomic mass is 16.1. The van der Waals surface area contributed by atoms with Gasteiger partial charge in [-0.2, -0.15) is 0 Å². The second-order valence-corrected chi connectivity index (χ2v) is 9.70. The molecule has 0 bridgehead atoms. The van der Waals surface area contributed by atoms with Crippen LogP contribution in [0.4, 0.5) is 0 Å². The molecule has 180 valence electrons. The summed E-state index contributed by atoms with van der Waals surface area (Å²) in [6, 6.07) is 0. The van der Waals surface area contributed by atoms with E-state index in [1.807, 2.05) is 0 Å². The number of nitrogens with two attached hydrogens (primary N) is 1. The molecular formula is C28H57NO. The van der Waals surface area contributed by atoms with E-state index >= 15 is 0 Å². The minimum absolute atomic E-state index is 0.149. The molecule has 0 spiro atoms. The van der Waals surface area contributed by atoms with Crippen molar-refractivity contribution in [3.05, 3.63) is 0 Å². The Morgan fingerprint density at radius 1 is 0.400 bits per heavy atom. The zero-order valence-electron chi connectivity index (χ0n) is 20.9. The van der Waals surface area contributed by atoms with Crippen LogP contribution >= 0.6 is 0 Å². The molecule has 0 aliphatic heterocycles. The fourth-order valence-corrected chi connectivity index (χ4v) is 4.44. The van der Waals surface area contributed by atoms with Crippen LogP contribution in [0.5, 0.6) is 0 Å². The van der Waals surface area contributed by atoms with Gasteiger partial charge in [0.1, 0.15) is 0 Å². The summed E-state index contributed by atoms with van der Waals surface area (Å²) in [4.78, 5) is 10.7. The summed E-state index contributed by atoms with van der Waals surface area (Å²) in [5, 5.41) is 0. The van der Waals surface area contributed by atoms with Crippen molar-refractivity contribution in [2.24, 2.45) is 5.73 Å². The number of carbonyl (C=O) groups excluding carboxylic acids is 1. The SMILES string of the molecule is CCCCCCCCCCCCCCCCCCCCCCCCCCCC(N)=O. The van der Waals surface area contributed by atoms with Gasteiger partial charge in [0, 0.05) is 6.42 Å². The van der Waals surface area contributed by atoms with Crippen molar-refractivity contribution in [3.63, 3.8) is 0 Å². The Morgan fingerprint density at radius 3 is 0.800 bits per heavy atom. The molecule has 0 saturated heterocycles. The molecule has 0 aliphatic carbocycles. The zero-order chi connectivity index (χ0) is 22.0. The van der Waals surface area contributed by atoms with E-state index in [4.69, 9.17) is 5.73 Å². The van der Waals surface area contributed by atoms with Crippen molar-refractivity contribution in [3.8, 4) is 0 Å². The molecule has 2 nitrogen and oxygen atoms in total. The highest BCUT2D eigenvalue weighted by Crippen LogP contribution is 2.15. The van der Waals surface area contributed by atoms with Crippen molar-refractivity contribution >= 4 is 5.91 Å². The Balaban J connectivity index is 2.99. The van der Waals surface area contributed by atoms with Gasteiger partial charge >= 0.3 is 0 Å². The third-order valence-electron chi connectivity index (χ3n) is 6.53. The Kier molecular flexibility index (Phi) is 26.0. The average Bonchev–Trinajstić information content (AvgIpc) is 2.73. The van der Waals surface area contributed by atoms with Crippen molar-refractivity contribution in [2.75, 3.05) is 0 Å². The van der Waals surface area contributed by atoms with Crippen molar-refractivity contribution in [1.29, 1.82) is 0 Å². The summed E-state index contributed by atoms with van der Waals surface area (Å²) in [7, 11) is 0. The second-order valence-electron chi connectivity index (χ2n) is 9.70. The van der Waals surface area contributed by atoms with Gasteiger partial charge in [-0.25, -0.2) is 0 Å². The van der Waals surface area contributed by atoms with Crippen molar-refractivity contribution in [2.45, 2.75) is 174 Å². The normalized spacial score (nSPS) is 11.2. The number of unbranched alkanes of at least 4 members (excludes halogenated alkanes) is 24. The van der Waals surface area contributed by atoms with Gasteiger partial charge in [-0.3, -0.25) is 4.79 Å². The summed E-state index contributed by atoms with van der Waals surface area (Å²) in [5.41, 5.74) is 5.15. The molecule has 0 saturated carbocycles.